The Hall–Kier alpha value is -2.63. The minimum Gasteiger partial charge on any atom is -0.493 e. The lowest BCUT2D eigenvalue weighted by molar-refractivity contribution is 0.0521. The lowest BCUT2D eigenvalue weighted by Gasteiger charge is -2.28. The topological polar surface area (TPSA) is 73.3 Å². The van der Waals surface area contributed by atoms with Crippen molar-refractivity contribution < 1.29 is 14.3 Å². The highest BCUT2D eigenvalue weighted by molar-refractivity contribution is 5.72. The molecule has 1 aromatic carbocycles. The van der Waals surface area contributed by atoms with E-state index in [1.54, 1.807) is 12.4 Å². The standard InChI is InChI=1S/C19H23N3O3/c1-19(2,3)25-18(23)22-11-13-7-8-24-17-15(13)5-4-6-16(17)14-9-20-12-21-10-14/h4-6,9-10,12-13H,7-8,11H2,1-3H3,(H,22,23)/t13-/m0/s1. The number of aromatic nitrogens is 2. The molecule has 0 spiro atoms. The van der Waals surface area contributed by atoms with Gasteiger partial charge in [0.15, 0.2) is 0 Å². The fourth-order valence-electron chi connectivity index (χ4n) is 2.89. The van der Waals surface area contributed by atoms with Crippen molar-refractivity contribution in [2.45, 2.75) is 38.7 Å². The summed E-state index contributed by atoms with van der Waals surface area (Å²) in [5.74, 6) is 1.03. The van der Waals surface area contributed by atoms with Gasteiger partial charge in [-0.3, -0.25) is 0 Å². The van der Waals surface area contributed by atoms with Crippen molar-refractivity contribution in [3.63, 3.8) is 0 Å². The zero-order valence-electron chi connectivity index (χ0n) is 14.8. The van der Waals surface area contributed by atoms with E-state index in [-0.39, 0.29) is 5.92 Å². The lowest BCUT2D eigenvalue weighted by atomic mass is 9.90. The summed E-state index contributed by atoms with van der Waals surface area (Å²) in [6.07, 6.45) is 5.50. The molecule has 1 aliphatic rings. The summed E-state index contributed by atoms with van der Waals surface area (Å²) in [5.41, 5.74) is 2.47. The molecule has 2 aromatic rings. The van der Waals surface area contributed by atoms with Crippen LogP contribution in [0.3, 0.4) is 0 Å². The summed E-state index contributed by atoms with van der Waals surface area (Å²) in [7, 11) is 0. The van der Waals surface area contributed by atoms with E-state index in [2.05, 4.69) is 15.3 Å². The molecule has 1 aromatic heterocycles. The number of para-hydroxylation sites is 1. The molecule has 25 heavy (non-hydrogen) atoms. The quantitative estimate of drug-likeness (QED) is 0.924. The molecule has 1 atom stereocenters. The van der Waals surface area contributed by atoms with Crippen molar-refractivity contribution in [3.8, 4) is 16.9 Å². The Bertz CT molecular complexity index is 741. The number of hydrogen-bond donors (Lipinski definition) is 1. The van der Waals surface area contributed by atoms with E-state index in [9.17, 15) is 4.79 Å². The molecule has 132 valence electrons. The van der Waals surface area contributed by atoms with Crippen molar-refractivity contribution in [1.82, 2.24) is 15.3 Å². The van der Waals surface area contributed by atoms with Gasteiger partial charge in [-0.15, -0.1) is 0 Å². The number of ether oxygens (including phenoxy) is 2. The molecule has 0 aliphatic carbocycles. The van der Waals surface area contributed by atoms with E-state index in [1.165, 1.54) is 6.33 Å². The van der Waals surface area contributed by atoms with E-state index in [4.69, 9.17) is 9.47 Å². The second-order valence-electron chi connectivity index (χ2n) is 7.07. The first-order chi connectivity index (χ1) is 11.9. The molecule has 0 radical (unpaired) electrons. The van der Waals surface area contributed by atoms with Crippen LogP contribution in [-0.2, 0) is 4.74 Å². The van der Waals surface area contributed by atoms with Gasteiger partial charge in [-0.1, -0.05) is 18.2 Å². The van der Waals surface area contributed by atoms with Crippen LogP contribution >= 0.6 is 0 Å². The molecule has 0 bridgehead atoms. The molecule has 6 heteroatoms. The summed E-state index contributed by atoms with van der Waals surface area (Å²) in [4.78, 5) is 20.1. The smallest absolute Gasteiger partial charge is 0.407 e. The Balaban J connectivity index is 1.78. The number of benzene rings is 1. The van der Waals surface area contributed by atoms with Crippen LogP contribution in [0.2, 0.25) is 0 Å². The molecule has 1 N–H and O–H groups in total. The Morgan fingerprint density at radius 3 is 2.80 bits per heavy atom. The number of nitrogens with one attached hydrogen (secondary N) is 1. The number of carbonyl (C=O) groups is 1. The fourth-order valence-corrected chi connectivity index (χ4v) is 2.89. The zero-order valence-corrected chi connectivity index (χ0v) is 14.8. The highest BCUT2D eigenvalue weighted by atomic mass is 16.6. The summed E-state index contributed by atoms with van der Waals surface area (Å²) in [6.45, 7) is 6.68. The molecular weight excluding hydrogens is 318 g/mol. The predicted molar refractivity (Wildman–Crippen MR) is 94.6 cm³/mol. The Morgan fingerprint density at radius 1 is 1.32 bits per heavy atom. The van der Waals surface area contributed by atoms with Crippen LogP contribution in [0.25, 0.3) is 11.1 Å². The van der Waals surface area contributed by atoms with E-state index in [0.29, 0.717) is 13.2 Å². The van der Waals surface area contributed by atoms with Crippen LogP contribution in [0.5, 0.6) is 5.75 Å². The molecule has 0 saturated heterocycles. The molecule has 1 amide bonds. The van der Waals surface area contributed by atoms with Crippen molar-refractivity contribution >= 4 is 6.09 Å². The van der Waals surface area contributed by atoms with E-state index in [0.717, 1.165) is 28.9 Å². The van der Waals surface area contributed by atoms with Gasteiger partial charge in [-0.2, -0.15) is 0 Å². The Labute approximate surface area is 147 Å². The third kappa shape index (κ3) is 4.26. The van der Waals surface area contributed by atoms with E-state index >= 15 is 0 Å². The van der Waals surface area contributed by atoms with Crippen molar-refractivity contribution in [2.24, 2.45) is 0 Å². The molecule has 6 nitrogen and oxygen atoms in total. The number of nitrogens with zero attached hydrogens (tertiary/aromatic N) is 2. The fraction of sp³-hybridized carbons (Fsp3) is 0.421. The number of fused-ring (bicyclic) bond motifs is 1. The molecule has 0 unspecified atom stereocenters. The lowest BCUT2D eigenvalue weighted by Crippen LogP contribution is -2.35. The molecule has 1 aliphatic heterocycles. The number of alkyl carbamates (subject to hydrolysis) is 1. The third-order valence-corrected chi connectivity index (χ3v) is 3.96. The maximum Gasteiger partial charge on any atom is 0.407 e. The van der Waals surface area contributed by atoms with Crippen LogP contribution in [0.4, 0.5) is 4.79 Å². The third-order valence-electron chi connectivity index (χ3n) is 3.96. The Kier molecular flexibility index (Phi) is 4.88. The molecule has 0 saturated carbocycles. The summed E-state index contributed by atoms with van der Waals surface area (Å²) in [6, 6.07) is 6.04. The Morgan fingerprint density at radius 2 is 2.08 bits per heavy atom. The van der Waals surface area contributed by atoms with Crippen molar-refractivity contribution in [2.75, 3.05) is 13.2 Å². The summed E-state index contributed by atoms with van der Waals surface area (Å²) >= 11 is 0. The van der Waals surface area contributed by atoms with Crippen LogP contribution < -0.4 is 10.1 Å². The van der Waals surface area contributed by atoms with Gasteiger partial charge < -0.3 is 14.8 Å². The minimum atomic E-state index is -0.502. The average molecular weight is 341 g/mol. The second-order valence-corrected chi connectivity index (χ2v) is 7.07. The maximum atomic E-state index is 11.9. The zero-order chi connectivity index (χ0) is 17.9. The van der Waals surface area contributed by atoms with Crippen LogP contribution in [0, 0.1) is 0 Å². The monoisotopic (exact) mass is 341 g/mol. The van der Waals surface area contributed by atoms with Gasteiger partial charge >= 0.3 is 6.09 Å². The van der Waals surface area contributed by atoms with E-state index in [1.807, 2.05) is 39.0 Å². The van der Waals surface area contributed by atoms with Gasteiger partial charge in [-0.25, -0.2) is 14.8 Å². The summed E-state index contributed by atoms with van der Waals surface area (Å²) < 4.78 is 11.2. The van der Waals surface area contributed by atoms with Crippen molar-refractivity contribution in [1.29, 1.82) is 0 Å². The van der Waals surface area contributed by atoms with Gasteiger partial charge in [0.05, 0.1) is 6.61 Å². The van der Waals surface area contributed by atoms with Gasteiger partial charge in [0.1, 0.15) is 17.7 Å². The van der Waals surface area contributed by atoms with Crippen molar-refractivity contribution in [3.05, 3.63) is 42.5 Å². The van der Waals surface area contributed by atoms with Crippen LogP contribution in [0.1, 0.15) is 38.7 Å². The van der Waals surface area contributed by atoms with Crippen LogP contribution in [0.15, 0.2) is 36.9 Å². The number of amides is 1. The van der Waals surface area contributed by atoms with Crippen LogP contribution in [-0.4, -0.2) is 34.8 Å². The SMILES string of the molecule is CC(C)(C)OC(=O)NC[C@@H]1CCOc2c(-c3cncnc3)cccc21. The highest BCUT2D eigenvalue weighted by Crippen LogP contribution is 2.40. The first kappa shape index (κ1) is 17.2. The first-order valence-corrected chi connectivity index (χ1v) is 8.42. The van der Waals surface area contributed by atoms with Gasteiger partial charge in [0, 0.05) is 36.0 Å². The first-order valence-electron chi connectivity index (χ1n) is 8.42. The number of hydrogen-bond acceptors (Lipinski definition) is 5. The normalized spacial score (nSPS) is 16.5. The molecule has 3 rings (SSSR count). The van der Waals surface area contributed by atoms with Gasteiger partial charge in [-0.05, 0) is 32.8 Å². The minimum absolute atomic E-state index is 0.181. The molecule has 2 heterocycles. The van der Waals surface area contributed by atoms with E-state index < -0.39 is 11.7 Å². The maximum absolute atomic E-state index is 11.9. The summed E-state index contributed by atoms with van der Waals surface area (Å²) in [5, 5.41) is 2.87. The predicted octanol–water partition coefficient (Wildman–Crippen LogP) is 3.53. The molecule has 0 fully saturated rings. The average Bonchev–Trinajstić information content (AvgIpc) is 2.58. The van der Waals surface area contributed by atoms with Gasteiger partial charge in [0.25, 0.3) is 0 Å². The second kappa shape index (κ2) is 7.09. The highest BCUT2D eigenvalue weighted by Gasteiger charge is 2.25. The molecular formula is C19H23N3O3. The van der Waals surface area contributed by atoms with Gasteiger partial charge in [0.2, 0.25) is 0 Å². The number of rotatable bonds is 3. The number of carbonyl (C=O) groups excluding carboxylic acids is 1. The largest absolute Gasteiger partial charge is 0.493 e.